The molecular weight excluding hydrogens is 287 g/mol. The van der Waals surface area contributed by atoms with Crippen LogP contribution in [0.5, 0.6) is 5.75 Å². The highest BCUT2D eigenvalue weighted by Gasteiger charge is 2.31. The van der Waals surface area contributed by atoms with Crippen LogP contribution >= 0.6 is 0 Å². The maximum Gasteiger partial charge on any atom is 0.573 e. The normalized spacial score (nSPS) is 12.0. The predicted octanol–water partition coefficient (Wildman–Crippen LogP) is 3.86. The van der Waals surface area contributed by atoms with Crippen molar-refractivity contribution in [3.05, 3.63) is 35.7 Å². The van der Waals surface area contributed by atoms with Crippen LogP contribution < -0.4 is 4.74 Å². The average molecular weight is 301 g/mol. The number of oxazole rings is 1. The summed E-state index contributed by atoms with van der Waals surface area (Å²) in [6.07, 6.45) is -4.76. The monoisotopic (exact) mass is 301 g/mol. The second-order valence-electron chi connectivity index (χ2n) is 4.72. The Morgan fingerprint density at radius 1 is 1.33 bits per heavy atom. The molecule has 4 nitrogen and oxygen atoms in total. The van der Waals surface area contributed by atoms with Gasteiger partial charge in [0.05, 0.1) is 6.61 Å². The van der Waals surface area contributed by atoms with Crippen molar-refractivity contribution >= 4 is 0 Å². The highest BCUT2D eigenvalue weighted by Crippen LogP contribution is 2.30. The molecule has 7 heteroatoms. The molecule has 0 atom stereocenters. The highest BCUT2D eigenvalue weighted by molar-refractivity contribution is 5.56. The largest absolute Gasteiger partial charge is 0.573 e. The number of rotatable bonds is 4. The Kier molecular flexibility index (Phi) is 4.22. The first-order chi connectivity index (χ1) is 9.80. The zero-order valence-corrected chi connectivity index (χ0v) is 11.4. The fourth-order valence-electron chi connectivity index (χ4n) is 1.88. The van der Waals surface area contributed by atoms with Crippen LogP contribution in [0.25, 0.3) is 11.5 Å². The molecule has 0 spiro atoms. The number of hydrogen-bond acceptors (Lipinski definition) is 4. The lowest BCUT2D eigenvalue weighted by atomic mass is 10.1. The predicted molar refractivity (Wildman–Crippen MR) is 68.6 cm³/mol. The molecule has 0 saturated heterocycles. The third kappa shape index (κ3) is 3.75. The first-order valence-corrected chi connectivity index (χ1v) is 6.27. The van der Waals surface area contributed by atoms with E-state index in [0.717, 1.165) is 0 Å². The molecule has 0 saturated carbocycles. The smallest absolute Gasteiger partial charge is 0.441 e. The van der Waals surface area contributed by atoms with Gasteiger partial charge in [0.15, 0.2) is 0 Å². The summed E-state index contributed by atoms with van der Waals surface area (Å²) < 4.78 is 46.0. The van der Waals surface area contributed by atoms with Gasteiger partial charge in [0.2, 0.25) is 5.89 Å². The van der Waals surface area contributed by atoms with Gasteiger partial charge in [-0.25, -0.2) is 4.98 Å². The van der Waals surface area contributed by atoms with E-state index in [1.165, 1.54) is 18.2 Å². The molecule has 0 aliphatic rings. The van der Waals surface area contributed by atoms with E-state index in [0.29, 0.717) is 17.0 Å². The molecule has 0 aliphatic heterocycles. The molecule has 0 fully saturated rings. The summed E-state index contributed by atoms with van der Waals surface area (Å²) in [6, 6.07) is 5.34. The van der Waals surface area contributed by atoms with Crippen molar-refractivity contribution in [2.75, 3.05) is 0 Å². The fraction of sp³-hybridized carbons (Fsp3) is 0.357. The minimum Gasteiger partial charge on any atom is -0.441 e. The van der Waals surface area contributed by atoms with Gasteiger partial charge in [-0.15, -0.1) is 13.2 Å². The maximum absolute atomic E-state index is 12.2. The van der Waals surface area contributed by atoms with E-state index in [1.807, 2.05) is 13.8 Å². The van der Waals surface area contributed by atoms with Crippen LogP contribution in [0.15, 0.2) is 28.7 Å². The van der Waals surface area contributed by atoms with Gasteiger partial charge < -0.3 is 14.3 Å². The molecule has 114 valence electrons. The summed E-state index contributed by atoms with van der Waals surface area (Å²) in [5.74, 6) is 0.308. The molecule has 2 rings (SSSR count). The summed E-state index contributed by atoms with van der Waals surface area (Å²) >= 11 is 0. The number of benzene rings is 1. The number of aliphatic hydroxyl groups excluding tert-OH is 1. The number of aliphatic hydroxyl groups is 1. The summed E-state index contributed by atoms with van der Waals surface area (Å²) in [7, 11) is 0. The zero-order valence-electron chi connectivity index (χ0n) is 11.4. The topological polar surface area (TPSA) is 55.5 Å². The van der Waals surface area contributed by atoms with Gasteiger partial charge in [-0.05, 0) is 18.2 Å². The van der Waals surface area contributed by atoms with Crippen molar-refractivity contribution in [2.24, 2.45) is 0 Å². The fourth-order valence-corrected chi connectivity index (χ4v) is 1.88. The number of aromatic nitrogens is 1. The van der Waals surface area contributed by atoms with E-state index >= 15 is 0 Å². The van der Waals surface area contributed by atoms with E-state index in [2.05, 4.69) is 9.72 Å². The van der Waals surface area contributed by atoms with Gasteiger partial charge in [-0.3, -0.25) is 0 Å². The van der Waals surface area contributed by atoms with Gasteiger partial charge in [0.1, 0.15) is 17.2 Å². The molecule has 1 heterocycles. The van der Waals surface area contributed by atoms with Gasteiger partial charge >= 0.3 is 6.36 Å². The van der Waals surface area contributed by atoms with Crippen LogP contribution in [0.3, 0.4) is 0 Å². The first-order valence-electron chi connectivity index (χ1n) is 6.27. The van der Waals surface area contributed by atoms with E-state index in [9.17, 15) is 18.3 Å². The minimum absolute atomic E-state index is 0.00278. The lowest BCUT2D eigenvalue weighted by molar-refractivity contribution is -0.274. The van der Waals surface area contributed by atoms with E-state index in [4.69, 9.17) is 4.42 Å². The molecule has 21 heavy (non-hydrogen) atoms. The third-order valence-electron chi connectivity index (χ3n) is 2.72. The molecule has 1 N–H and O–H groups in total. The molecule has 0 bridgehead atoms. The second-order valence-corrected chi connectivity index (χ2v) is 4.72. The average Bonchev–Trinajstić information content (AvgIpc) is 2.81. The standard InChI is InChI=1S/C14H14F3NO3/c1-8(2)12-11(7-19)18-13(20-12)9-4-3-5-10(6-9)21-14(15,16)17/h3-6,8,19H,7H2,1-2H3. The number of halogens is 3. The van der Waals surface area contributed by atoms with Crippen LogP contribution in [-0.4, -0.2) is 16.5 Å². The van der Waals surface area contributed by atoms with Crippen molar-refractivity contribution in [1.82, 2.24) is 4.98 Å². The minimum atomic E-state index is -4.76. The summed E-state index contributed by atoms with van der Waals surface area (Å²) in [5, 5.41) is 9.24. The Balaban J connectivity index is 2.36. The van der Waals surface area contributed by atoms with Gasteiger partial charge in [-0.2, -0.15) is 0 Å². The Morgan fingerprint density at radius 3 is 2.57 bits per heavy atom. The van der Waals surface area contributed by atoms with Crippen molar-refractivity contribution < 1.29 is 27.4 Å². The van der Waals surface area contributed by atoms with Crippen LogP contribution in [0.2, 0.25) is 0 Å². The Morgan fingerprint density at radius 2 is 2.05 bits per heavy atom. The lowest BCUT2D eigenvalue weighted by Crippen LogP contribution is -2.17. The van der Waals surface area contributed by atoms with Crippen LogP contribution in [-0.2, 0) is 6.61 Å². The number of ether oxygens (including phenoxy) is 1. The molecule has 0 amide bonds. The van der Waals surface area contributed by atoms with Gasteiger partial charge in [0, 0.05) is 11.5 Å². The molecule has 0 radical (unpaired) electrons. The maximum atomic E-state index is 12.2. The van der Waals surface area contributed by atoms with Crippen molar-refractivity contribution in [2.45, 2.75) is 32.7 Å². The molecule has 1 aromatic carbocycles. The Labute approximate surface area is 119 Å². The summed E-state index contributed by atoms with van der Waals surface area (Å²) in [6.45, 7) is 3.44. The van der Waals surface area contributed by atoms with E-state index in [-0.39, 0.29) is 24.2 Å². The molecule has 2 aromatic rings. The molecule has 1 aromatic heterocycles. The third-order valence-corrected chi connectivity index (χ3v) is 2.72. The molecule has 0 aliphatic carbocycles. The summed E-state index contributed by atoms with van der Waals surface area (Å²) in [4.78, 5) is 4.10. The quantitative estimate of drug-likeness (QED) is 0.931. The summed E-state index contributed by atoms with van der Waals surface area (Å²) in [5.41, 5.74) is 0.723. The highest BCUT2D eigenvalue weighted by atomic mass is 19.4. The second kappa shape index (κ2) is 5.77. The number of nitrogens with zero attached hydrogens (tertiary/aromatic N) is 1. The van der Waals surface area contributed by atoms with Crippen LogP contribution in [0, 0.1) is 0 Å². The van der Waals surface area contributed by atoms with Gasteiger partial charge in [0.25, 0.3) is 0 Å². The number of hydrogen-bond donors (Lipinski definition) is 1. The van der Waals surface area contributed by atoms with Crippen molar-refractivity contribution in [3.63, 3.8) is 0 Å². The Bertz CT molecular complexity index is 620. The van der Waals surface area contributed by atoms with E-state index in [1.54, 1.807) is 6.07 Å². The van der Waals surface area contributed by atoms with E-state index < -0.39 is 6.36 Å². The van der Waals surface area contributed by atoms with Crippen molar-refractivity contribution in [1.29, 1.82) is 0 Å². The number of alkyl halides is 3. The first kappa shape index (κ1) is 15.4. The van der Waals surface area contributed by atoms with Crippen LogP contribution in [0.1, 0.15) is 31.2 Å². The SMILES string of the molecule is CC(C)c1oc(-c2cccc(OC(F)(F)F)c2)nc1CO. The van der Waals surface area contributed by atoms with Crippen LogP contribution in [0.4, 0.5) is 13.2 Å². The van der Waals surface area contributed by atoms with Gasteiger partial charge in [-0.1, -0.05) is 19.9 Å². The Hall–Kier alpha value is -2.02. The van der Waals surface area contributed by atoms with Crippen molar-refractivity contribution in [3.8, 4) is 17.2 Å². The molecule has 0 unspecified atom stereocenters. The lowest BCUT2D eigenvalue weighted by Gasteiger charge is -2.08. The molecular formula is C14H14F3NO3. The zero-order chi connectivity index (χ0) is 15.6.